The molecule has 1 N–H and O–H groups in total. The van der Waals surface area contributed by atoms with Crippen LogP contribution >= 0.6 is 23.2 Å². The summed E-state index contributed by atoms with van der Waals surface area (Å²) in [5.74, 6) is -0.732. The number of hydrogen-bond donors (Lipinski definition) is 1. The Morgan fingerprint density at radius 1 is 1.11 bits per heavy atom. The number of oxazole rings is 1. The first-order chi connectivity index (χ1) is 12.4. The van der Waals surface area contributed by atoms with E-state index in [-0.39, 0.29) is 21.1 Å². The molecule has 0 aliphatic carbocycles. The molecule has 0 aliphatic heterocycles. The van der Waals surface area contributed by atoms with Crippen molar-refractivity contribution in [2.45, 2.75) is 11.1 Å². The second-order valence-corrected chi connectivity index (χ2v) is 7.94. The van der Waals surface area contributed by atoms with E-state index in [4.69, 9.17) is 27.6 Å². The topological polar surface area (TPSA) is 81.3 Å². The van der Waals surface area contributed by atoms with Gasteiger partial charge < -0.3 is 4.42 Å². The molecular weight excluding hydrogens is 432 g/mol. The van der Waals surface area contributed by atoms with Gasteiger partial charge in [0.05, 0.1) is 26.8 Å². The SMILES string of the molecule is Cn1c(=O)oc2cc(S(=O)(=O)Nc3cc(C(F)(F)F)ccc3Cl)c(Cl)cc21. The van der Waals surface area contributed by atoms with Crippen molar-refractivity contribution >= 4 is 50.0 Å². The number of anilines is 1. The molecule has 0 radical (unpaired) electrons. The summed E-state index contributed by atoms with van der Waals surface area (Å²) in [7, 11) is -3.03. The number of aromatic nitrogens is 1. The molecule has 0 amide bonds. The van der Waals surface area contributed by atoms with E-state index in [0.29, 0.717) is 6.07 Å². The van der Waals surface area contributed by atoms with Gasteiger partial charge in [0, 0.05) is 13.1 Å². The van der Waals surface area contributed by atoms with E-state index >= 15 is 0 Å². The molecule has 1 aromatic heterocycles. The lowest BCUT2D eigenvalue weighted by Gasteiger charge is -2.13. The number of rotatable bonds is 3. The van der Waals surface area contributed by atoms with E-state index < -0.39 is 38.1 Å². The van der Waals surface area contributed by atoms with Crippen LogP contribution in [-0.2, 0) is 23.2 Å². The quantitative estimate of drug-likeness (QED) is 0.659. The number of nitrogens with one attached hydrogen (secondary N) is 1. The van der Waals surface area contributed by atoms with E-state index in [1.54, 1.807) is 0 Å². The minimum atomic E-state index is -4.69. The van der Waals surface area contributed by atoms with E-state index in [1.165, 1.54) is 13.1 Å². The highest BCUT2D eigenvalue weighted by molar-refractivity contribution is 7.92. The van der Waals surface area contributed by atoms with Crippen molar-refractivity contribution in [1.29, 1.82) is 0 Å². The van der Waals surface area contributed by atoms with Crippen molar-refractivity contribution in [2.75, 3.05) is 4.72 Å². The fourth-order valence-corrected chi connectivity index (χ4v) is 4.14. The summed E-state index contributed by atoms with van der Waals surface area (Å²) >= 11 is 11.8. The number of aryl methyl sites for hydroxylation is 1. The van der Waals surface area contributed by atoms with Gasteiger partial charge in [-0.1, -0.05) is 23.2 Å². The number of nitrogens with zero attached hydrogens (tertiary/aromatic N) is 1. The molecule has 0 saturated heterocycles. The first-order valence-electron chi connectivity index (χ1n) is 7.09. The third-order valence-electron chi connectivity index (χ3n) is 3.67. The zero-order chi connectivity index (χ0) is 20.1. The van der Waals surface area contributed by atoms with Crippen LogP contribution < -0.4 is 10.5 Å². The monoisotopic (exact) mass is 440 g/mol. The maximum Gasteiger partial charge on any atom is 0.419 e. The van der Waals surface area contributed by atoms with Crippen molar-refractivity contribution in [2.24, 2.45) is 7.05 Å². The Balaban J connectivity index is 2.09. The molecule has 144 valence electrons. The number of fused-ring (bicyclic) bond motifs is 1. The predicted molar refractivity (Wildman–Crippen MR) is 93.7 cm³/mol. The molecule has 3 rings (SSSR count). The number of alkyl halides is 3. The molecule has 0 unspecified atom stereocenters. The highest BCUT2D eigenvalue weighted by Gasteiger charge is 2.31. The van der Waals surface area contributed by atoms with Crippen LogP contribution in [0.1, 0.15) is 5.56 Å². The van der Waals surface area contributed by atoms with Crippen molar-refractivity contribution in [1.82, 2.24) is 4.57 Å². The number of sulfonamides is 1. The minimum absolute atomic E-state index is 0.0533. The van der Waals surface area contributed by atoms with Crippen LogP contribution in [0.4, 0.5) is 18.9 Å². The van der Waals surface area contributed by atoms with E-state index in [1.807, 2.05) is 4.72 Å². The van der Waals surface area contributed by atoms with Gasteiger partial charge in [-0.2, -0.15) is 13.2 Å². The van der Waals surface area contributed by atoms with Crippen LogP contribution in [0, 0.1) is 0 Å². The van der Waals surface area contributed by atoms with Gasteiger partial charge in [-0.15, -0.1) is 0 Å². The third-order valence-corrected chi connectivity index (χ3v) is 5.83. The predicted octanol–water partition coefficient (Wildman–Crippen LogP) is 4.26. The highest BCUT2D eigenvalue weighted by Crippen LogP contribution is 2.35. The lowest BCUT2D eigenvalue weighted by molar-refractivity contribution is -0.137. The summed E-state index contributed by atoms with van der Waals surface area (Å²) in [5.41, 5.74) is -1.36. The number of halogens is 5. The van der Waals surface area contributed by atoms with E-state index in [9.17, 15) is 26.4 Å². The van der Waals surface area contributed by atoms with Crippen LogP contribution in [0.25, 0.3) is 11.1 Å². The molecule has 12 heteroatoms. The maximum absolute atomic E-state index is 12.8. The van der Waals surface area contributed by atoms with Crippen molar-refractivity contribution < 1.29 is 26.0 Å². The Morgan fingerprint density at radius 3 is 2.41 bits per heavy atom. The Morgan fingerprint density at radius 2 is 1.78 bits per heavy atom. The lowest BCUT2D eigenvalue weighted by Crippen LogP contribution is -2.15. The third kappa shape index (κ3) is 3.64. The molecular formula is C15H9Cl2F3N2O4S. The zero-order valence-corrected chi connectivity index (χ0v) is 15.6. The van der Waals surface area contributed by atoms with Gasteiger partial charge >= 0.3 is 11.9 Å². The molecule has 27 heavy (non-hydrogen) atoms. The molecule has 6 nitrogen and oxygen atoms in total. The molecule has 0 atom stereocenters. The summed E-state index contributed by atoms with van der Waals surface area (Å²) in [6.07, 6.45) is -4.69. The Kier molecular flexibility index (Phi) is 4.69. The summed E-state index contributed by atoms with van der Waals surface area (Å²) in [6.45, 7) is 0. The van der Waals surface area contributed by atoms with E-state index in [2.05, 4.69) is 0 Å². The second-order valence-electron chi connectivity index (χ2n) is 5.48. The molecule has 3 aromatic rings. The number of hydrogen-bond acceptors (Lipinski definition) is 4. The Labute approximate surface area is 160 Å². The largest absolute Gasteiger partial charge is 0.419 e. The smallest absolute Gasteiger partial charge is 0.408 e. The van der Waals surface area contributed by atoms with Gasteiger partial charge in [-0.05, 0) is 24.3 Å². The van der Waals surface area contributed by atoms with Crippen molar-refractivity contribution in [3.05, 3.63) is 56.5 Å². The molecule has 1 heterocycles. The first kappa shape index (κ1) is 19.6. The molecule has 0 bridgehead atoms. The molecule has 0 spiro atoms. The maximum atomic E-state index is 12.8. The van der Waals surface area contributed by atoms with Gasteiger partial charge in [-0.3, -0.25) is 9.29 Å². The molecule has 0 saturated carbocycles. The Bertz CT molecular complexity index is 1220. The lowest BCUT2D eigenvalue weighted by atomic mass is 10.2. The van der Waals surface area contributed by atoms with Gasteiger partial charge in [0.15, 0.2) is 5.58 Å². The standard InChI is InChI=1S/C15H9Cl2F3N2O4S/c1-22-11-5-9(17)13(6-12(11)26-14(22)23)27(24,25)21-10-4-7(15(18,19)20)2-3-8(10)16/h2-6,21H,1H3. The van der Waals surface area contributed by atoms with Gasteiger partial charge in [0.25, 0.3) is 10.0 Å². The Hall–Kier alpha value is -2.17. The van der Waals surface area contributed by atoms with Gasteiger partial charge in [0.1, 0.15) is 4.90 Å². The second kappa shape index (κ2) is 6.47. The van der Waals surface area contributed by atoms with Gasteiger partial charge in [0.2, 0.25) is 0 Å². The molecule has 0 fully saturated rings. The van der Waals surface area contributed by atoms with Gasteiger partial charge in [-0.25, -0.2) is 13.2 Å². The summed E-state index contributed by atoms with van der Waals surface area (Å²) < 4.78 is 71.8. The van der Waals surface area contributed by atoms with Crippen LogP contribution in [0.2, 0.25) is 10.0 Å². The van der Waals surface area contributed by atoms with Crippen LogP contribution in [0.15, 0.2) is 44.4 Å². The first-order valence-corrected chi connectivity index (χ1v) is 9.33. The normalized spacial score (nSPS) is 12.5. The van der Waals surface area contributed by atoms with Crippen LogP contribution in [0.5, 0.6) is 0 Å². The fraction of sp³-hybridized carbons (Fsp3) is 0.133. The fourth-order valence-electron chi connectivity index (χ4n) is 2.31. The summed E-state index contributed by atoms with van der Waals surface area (Å²) in [4.78, 5) is 11.1. The average Bonchev–Trinajstić information content (AvgIpc) is 2.82. The van der Waals surface area contributed by atoms with Crippen molar-refractivity contribution in [3.8, 4) is 0 Å². The van der Waals surface area contributed by atoms with E-state index in [0.717, 1.165) is 22.8 Å². The summed E-state index contributed by atoms with van der Waals surface area (Å²) in [6, 6.07) is 4.41. The van der Waals surface area contributed by atoms with Crippen LogP contribution in [0.3, 0.4) is 0 Å². The minimum Gasteiger partial charge on any atom is -0.408 e. The molecule has 0 aliphatic rings. The average molecular weight is 441 g/mol. The summed E-state index contributed by atoms with van der Waals surface area (Å²) in [5, 5.41) is -0.496. The van der Waals surface area contributed by atoms with Crippen LogP contribution in [-0.4, -0.2) is 13.0 Å². The highest BCUT2D eigenvalue weighted by atomic mass is 35.5. The van der Waals surface area contributed by atoms with Crippen molar-refractivity contribution in [3.63, 3.8) is 0 Å². The zero-order valence-electron chi connectivity index (χ0n) is 13.3. The molecule has 2 aromatic carbocycles. The number of benzene rings is 2.